The Balaban J connectivity index is 0.000000158. The van der Waals surface area contributed by atoms with Crippen LogP contribution in [-0.2, 0) is 53.0 Å². The summed E-state index contributed by atoms with van der Waals surface area (Å²) in [7, 11) is 0. The molecule has 6 aliphatic rings. The van der Waals surface area contributed by atoms with Gasteiger partial charge in [-0.25, -0.2) is 9.36 Å². The molecule has 2 aliphatic carbocycles. The molecule has 0 bridgehead atoms. The summed E-state index contributed by atoms with van der Waals surface area (Å²) in [5.41, 5.74) is 14.2. The van der Waals surface area contributed by atoms with Crippen LogP contribution in [0.25, 0.3) is 21.8 Å². The molecular weight excluding hydrogens is 1130 g/mol. The fourth-order valence-corrected chi connectivity index (χ4v) is 14.0. The average molecular weight is 1200 g/mol. The van der Waals surface area contributed by atoms with Gasteiger partial charge < -0.3 is 25.4 Å². The number of nitriles is 4. The van der Waals surface area contributed by atoms with Gasteiger partial charge in [0.2, 0.25) is 0 Å². The first-order valence-electron chi connectivity index (χ1n) is 30.2. The van der Waals surface area contributed by atoms with E-state index in [-0.39, 0.29) is 28.4 Å². The smallest absolute Gasteiger partial charge is 0.184 e. The largest absolute Gasteiger partial charge is 0.383 e. The number of carbonyl (C=O) groups excluding carboxylic acids is 1. The number of Topliss-reactive ketones (excluding diaryl/α,β-unsaturated/α-hetero) is 1. The van der Waals surface area contributed by atoms with Crippen molar-refractivity contribution in [2.75, 3.05) is 63.2 Å². The molecule has 6 aromatic heterocycles. The Morgan fingerprint density at radius 2 is 1.14 bits per heavy atom. The van der Waals surface area contributed by atoms with Gasteiger partial charge in [-0.1, -0.05) is 52.0 Å². The SMILES string of the molecule is CC(C)(C)CNc1c(C#N)cnc2c(C#N)cc(C[C@H](c3cn(C4CC4)nn3)c3csc4c3CCN(C3COC3)C4)cc12.CC(C)(C)CNc1c(C#N)cnc2c(C#N)cc(C[C@H](c3cn(C4CC4)nn3)c3csc4c3CCNC4)cc12.O=C1COC1. The van der Waals surface area contributed by atoms with Gasteiger partial charge in [-0.05, 0) is 137 Å². The van der Waals surface area contributed by atoms with Gasteiger partial charge >= 0.3 is 0 Å². The Labute approximate surface area is 515 Å². The van der Waals surface area contributed by atoms with E-state index < -0.39 is 0 Å². The van der Waals surface area contributed by atoms with Crippen LogP contribution in [0, 0.1) is 56.2 Å². The molecule has 2 aromatic carbocycles. The van der Waals surface area contributed by atoms with Crippen molar-refractivity contribution in [3.8, 4) is 24.3 Å². The minimum atomic E-state index is 0.00757. The molecule has 0 spiro atoms. The molecule has 4 aliphatic heterocycles. The van der Waals surface area contributed by atoms with Crippen LogP contribution in [0.2, 0.25) is 0 Å². The summed E-state index contributed by atoms with van der Waals surface area (Å²) in [5, 5.41) is 75.2. The quantitative estimate of drug-likeness (QED) is 0.0862. The van der Waals surface area contributed by atoms with Crippen LogP contribution >= 0.6 is 22.7 Å². The van der Waals surface area contributed by atoms with Crippen molar-refractivity contribution in [2.24, 2.45) is 10.8 Å². The standard InChI is InChI=1S/C33H36N8OS.C30H32N8S.C3H4O2/c1-33(2,3)19-37-32-22(12-35)13-36-31-21(11-34)8-20(10-27(31)32)9-26(29-14-41(39-38-29)23-4-5-23)28-18-43-30-15-40(7-6-25(28)30)24-16-42-17-24;1-30(2,3)17-35-29-20(12-32)13-34-28-19(11-31)8-18(10-24(28)29)9-23(26-15-38(37-36-26)21-4-5-21)25-16-39-27-14-33-7-6-22(25)27;4-3-1-5-2-3/h8,10,13-14,18,23-24,26H,4-7,9,15-17,19H2,1-3H3,(H,36,37);8,10,13,15-16,21,23,33H,4-7,9,14,17H2,1-3H3,(H,34,35);1-2H2/t26-;23-;/m00./s1. The van der Waals surface area contributed by atoms with Crippen LogP contribution in [-0.4, -0.2) is 109 Å². The number of anilines is 2. The van der Waals surface area contributed by atoms with Gasteiger partial charge in [0.25, 0.3) is 0 Å². The molecule has 2 saturated heterocycles. The van der Waals surface area contributed by atoms with Crippen LogP contribution in [0.3, 0.4) is 0 Å². The van der Waals surface area contributed by atoms with Crippen molar-refractivity contribution in [1.82, 2.24) is 50.2 Å². The van der Waals surface area contributed by atoms with Gasteiger partial charge in [0.15, 0.2) is 5.78 Å². The van der Waals surface area contributed by atoms with E-state index in [1.54, 1.807) is 12.4 Å². The normalized spacial score (nSPS) is 17.3. The summed E-state index contributed by atoms with van der Waals surface area (Å²) in [5.74, 6) is 0.246. The van der Waals surface area contributed by atoms with Crippen molar-refractivity contribution in [2.45, 2.75) is 136 Å². The zero-order valence-corrected chi connectivity index (χ0v) is 51.9. The van der Waals surface area contributed by atoms with E-state index in [0.717, 1.165) is 123 Å². The summed E-state index contributed by atoms with van der Waals surface area (Å²) in [6.45, 7) is 20.5. The van der Waals surface area contributed by atoms with Crippen molar-refractivity contribution in [3.63, 3.8) is 0 Å². The number of hydrogen-bond acceptors (Lipinski definition) is 19. The summed E-state index contributed by atoms with van der Waals surface area (Å²) in [4.78, 5) is 24.2. The number of thiophene rings is 2. The van der Waals surface area contributed by atoms with Crippen LogP contribution in [0.15, 0.2) is 59.8 Å². The van der Waals surface area contributed by atoms with Crippen LogP contribution in [0.4, 0.5) is 11.4 Å². The average Bonchev–Trinajstić information content (AvgIpc) is 2.10. The topological polar surface area (TPSA) is 257 Å². The number of aromatic nitrogens is 8. The Bertz CT molecular complexity index is 4060. The van der Waals surface area contributed by atoms with Gasteiger partial charge in [-0.3, -0.25) is 19.7 Å². The van der Waals surface area contributed by atoms with E-state index in [4.69, 9.17) is 9.84 Å². The van der Waals surface area contributed by atoms with Crippen LogP contribution in [0.5, 0.6) is 0 Å². The number of fused-ring (bicyclic) bond motifs is 4. The van der Waals surface area contributed by atoms with Crippen LogP contribution in [0.1, 0.15) is 168 Å². The van der Waals surface area contributed by atoms with E-state index in [0.29, 0.717) is 90.6 Å². The molecule has 2 atom stereocenters. The van der Waals surface area contributed by atoms with Gasteiger partial charge in [0, 0.05) is 89.9 Å². The Hall–Kier alpha value is -7.99. The van der Waals surface area contributed by atoms with E-state index in [2.05, 4.69) is 152 Å². The predicted octanol–water partition coefficient (Wildman–Crippen LogP) is 10.6. The predicted molar refractivity (Wildman–Crippen MR) is 335 cm³/mol. The zero-order valence-electron chi connectivity index (χ0n) is 50.2. The third kappa shape index (κ3) is 13.3. The first-order valence-corrected chi connectivity index (χ1v) is 31.9. The van der Waals surface area contributed by atoms with E-state index in [1.165, 1.54) is 32.0 Å². The lowest BCUT2D eigenvalue weighted by atomic mass is 9.85. The molecule has 8 aromatic rings. The second kappa shape index (κ2) is 25.0. The monoisotopic (exact) mass is 1200 g/mol. The molecule has 19 nitrogen and oxygen atoms in total. The minimum Gasteiger partial charge on any atom is -0.383 e. The maximum absolute atomic E-state index is 10.2. The molecular formula is C66H72N16O3S2. The highest BCUT2D eigenvalue weighted by Crippen LogP contribution is 2.43. The third-order valence-corrected chi connectivity index (χ3v) is 19.0. The lowest BCUT2D eigenvalue weighted by molar-refractivity contribution is -0.140. The number of rotatable bonds is 15. The molecule has 14 rings (SSSR count). The fraction of sp³-hybridized carbons (Fsp3) is 0.470. The second-order valence-corrected chi connectivity index (χ2v) is 28.2. The molecule has 4 fully saturated rings. The van der Waals surface area contributed by atoms with Crippen molar-refractivity contribution >= 4 is 61.6 Å². The molecule has 0 amide bonds. The highest BCUT2D eigenvalue weighted by atomic mass is 32.1. The Morgan fingerprint density at radius 1 is 0.655 bits per heavy atom. The lowest BCUT2D eigenvalue weighted by Crippen LogP contribution is -2.50. The number of carbonyl (C=O) groups is 1. The Morgan fingerprint density at radius 3 is 1.56 bits per heavy atom. The summed E-state index contributed by atoms with van der Waals surface area (Å²) in [6, 6.07) is 18.9. The molecule has 0 unspecified atom stereocenters. The number of ketones is 1. The molecule has 3 N–H and O–H groups in total. The highest BCUT2D eigenvalue weighted by molar-refractivity contribution is 7.10. The van der Waals surface area contributed by atoms with Gasteiger partial charge in [0.1, 0.15) is 37.5 Å². The van der Waals surface area contributed by atoms with E-state index in [1.807, 2.05) is 44.2 Å². The third-order valence-electron chi connectivity index (χ3n) is 16.9. The molecule has 0 radical (unpaired) electrons. The first kappa shape index (κ1) is 59.3. The van der Waals surface area contributed by atoms with E-state index in [9.17, 15) is 25.8 Å². The number of hydrogen-bond donors (Lipinski definition) is 3. The fourth-order valence-electron chi connectivity index (χ4n) is 11.7. The molecule has 2 saturated carbocycles. The molecule has 446 valence electrons. The molecule has 21 heteroatoms. The lowest BCUT2D eigenvalue weighted by Gasteiger charge is -2.39. The van der Waals surface area contributed by atoms with Crippen LogP contribution < -0.4 is 16.0 Å². The van der Waals surface area contributed by atoms with Crippen molar-refractivity contribution < 1.29 is 14.3 Å². The molecule has 87 heavy (non-hydrogen) atoms. The minimum absolute atomic E-state index is 0.00757. The highest BCUT2D eigenvalue weighted by Gasteiger charge is 2.35. The maximum atomic E-state index is 10.2. The number of nitrogens with one attached hydrogen (secondary N) is 3. The Kier molecular flexibility index (Phi) is 17.1. The first-order chi connectivity index (χ1) is 42.0. The van der Waals surface area contributed by atoms with Gasteiger partial charge in [0.05, 0.1) is 87.4 Å². The summed E-state index contributed by atoms with van der Waals surface area (Å²) < 4.78 is 14.0. The number of ether oxygens (including phenoxy) is 2. The molecule has 10 heterocycles. The van der Waals surface area contributed by atoms with Gasteiger partial charge in [-0.2, -0.15) is 21.0 Å². The van der Waals surface area contributed by atoms with Crippen molar-refractivity contribution in [1.29, 1.82) is 21.0 Å². The zero-order chi connectivity index (χ0) is 60.6. The summed E-state index contributed by atoms with van der Waals surface area (Å²) in [6.07, 6.45) is 15.4. The number of benzene rings is 2. The second-order valence-electron chi connectivity index (χ2n) is 26.2. The van der Waals surface area contributed by atoms with Gasteiger partial charge in [-0.15, -0.1) is 32.9 Å². The maximum Gasteiger partial charge on any atom is 0.184 e. The van der Waals surface area contributed by atoms with E-state index >= 15 is 0 Å². The number of nitrogens with zero attached hydrogens (tertiary/aromatic N) is 13. The van der Waals surface area contributed by atoms with Crippen molar-refractivity contribution in [3.05, 3.63) is 137 Å². The number of pyridine rings is 2. The summed E-state index contributed by atoms with van der Waals surface area (Å²) >= 11 is 3.66.